The quantitative estimate of drug-likeness (QED) is 0.781. The molecule has 4 nitrogen and oxygen atoms in total. The summed E-state index contributed by atoms with van der Waals surface area (Å²) in [6, 6.07) is -0.556. The van der Waals surface area contributed by atoms with Crippen LogP contribution in [0, 0.1) is 0 Å². The summed E-state index contributed by atoms with van der Waals surface area (Å²) in [6.45, 7) is 0. The molecular weight excluding hydrogens is 200 g/mol. The number of rotatable bonds is 3. The minimum Gasteiger partial charge on any atom is -0.481 e. The third-order valence-electron chi connectivity index (χ3n) is 1.21. The Balaban J connectivity index is 2.64. The molecule has 3 N–H and O–H groups in total. The molecule has 0 unspecified atom stereocenters. The summed E-state index contributed by atoms with van der Waals surface area (Å²) in [5.74, 6) is -0.936. The fraction of sp³-hybridized carbons (Fsp3) is 0.333. The van der Waals surface area contributed by atoms with Crippen LogP contribution in [0.4, 0.5) is 0 Å². The average molecular weight is 207 g/mol. The lowest BCUT2D eigenvalue weighted by molar-refractivity contribution is -0.137. The number of halogens is 1. The second-order valence-electron chi connectivity index (χ2n) is 2.21. The SMILES string of the molecule is N[C@H](CC(=O)O)c1ncc(Cl)s1. The molecule has 0 aromatic carbocycles. The van der Waals surface area contributed by atoms with E-state index in [1.165, 1.54) is 17.5 Å². The maximum absolute atomic E-state index is 10.3. The van der Waals surface area contributed by atoms with Gasteiger partial charge in [0.2, 0.25) is 0 Å². The molecule has 0 saturated carbocycles. The normalized spacial score (nSPS) is 12.8. The zero-order valence-corrected chi connectivity index (χ0v) is 7.60. The van der Waals surface area contributed by atoms with Crippen LogP contribution in [0.25, 0.3) is 0 Å². The Hall–Kier alpha value is -0.650. The third kappa shape index (κ3) is 2.44. The highest BCUT2D eigenvalue weighted by Crippen LogP contribution is 2.23. The summed E-state index contributed by atoms with van der Waals surface area (Å²) in [5, 5.41) is 8.97. The van der Waals surface area contributed by atoms with Gasteiger partial charge in [-0.05, 0) is 0 Å². The molecule has 1 rings (SSSR count). The topological polar surface area (TPSA) is 76.2 Å². The van der Waals surface area contributed by atoms with E-state index in [0.29, 0.717) is 9.34 Å². The van der Waals surface area contributed by atoms with Crippen LogP contribution in [-0.4, -0.2) is 16.1 Å². The fourth-order valence-electron chi connectivity index (χ4n) is 0.714. The first kappa shape index (κ1) is 9.44. The van der Waals surface area contributed by atoms with Crippen molar-refractivity contribution >= 4 is 28.9 Å². The summed E-state index contributed by atoms with van der Waals surface area (Å²) in [4.78, 5) is 14.1. The van der Waals surface area contributed by atoms with Crippen LogP contribution in [-0.2, 0) is 4.79 Å². The zero-order chi connectivity index (χ0) is 9.14. The molecule has 1 aromatic rings. The molecular formula is C6H7ClN2O2S. The van der Waals surface area contributed by atoms with Gasteiger partial charge >= 0.3 is 5.97 Å². The van der Waals surface area contributed by atoms with Gasteiger partial charge in [-0.1, -0.05) is 11.6 Å². The molecule has 12 heavy (non-hydrogen) atoms. The number of carboxylic acids is 1. The van der Waals surface area contributed by atoms with Crippen molar-refractivity contribution in [3.8, 4) is 0 Å². The number of thiazole rings is 1. The highest BCUT2D eigenvalue weighted by Gasteiger charge is 2.13. The van der Waals surface area contributed by atoms with Gasteiger partial charge in [0.15, 0.2) is 0 Å². The van der Waals surface area contributed by atoms with Gasteiger partial charge in [-0.15, -0.1) is 11.3 Å². The van der Waals surface area contributed by atoms with Crippen LogP contribution in [0.3, 0.4) is 0 Å². The number of aromatic nitrogens is 1. The van der Waals surface area contributed by atoms with Crippen LogP contribution < -0.4 is 5.73 Å². The predicted molar refractivity (Wildman–Crippen MR) is 46.3 cm³/mol. The number of nitrogens with zero attached hydrogens (tertiary/aromatic N) is 1. The second kappa shape index (κ2) is 3.84. The summed E-state index contributed by atoms with van der Waals surface area (Å²) in [5.41, 5.74) is 5.52. The molecule has 0 bridgehead atoms. The van der Waals surface area contributed by atoms with E-state index >= 15 is 0 Å². The van der Waals surface area contributed by atoms with E-state index in [1.54, 1.807) is 0 Å². The van der Waals surface area contributed by atoms with E-state index in [1.807, 2.05) is 0 Å². The van der Waals surface area contributed by atoms with E-state index in [2.05, 4.69) is 4.98 Å². The molecule has 0 spiro atoms. The van der Waals surface area contributed by atoms with Gasteiger partial charge in [0, 0.05) is 0 Å². The van der Waals surface area contributed by atoms with Crippen LogP contribution in [0.2, 0.25) is 4.34 Å². The predicted octanol–water partition coefficient (Wildman–Crippen LogP) is 1.27. The Morgan fingerprint density at radius 1 is 1.92 bits per heavy atom. The molecule has 1 heterocycles. The van der Waals surface area contributed by atoms with Crippen molar-refractivity contribution in [3.05, 3.63) is 15.5 Å². The fourth-order valence-corrected chi connectivity index (χ4v) is 1.65. The van der Waals surface area contributed by atoms with Crippen molar-refractivity contribution < 1.29 is 9.90 Å². The summed E-state index contributed by atoms with van der Waals surface area (Å²) in [7, 11) is 0. The number of carboxylic acid groups (broad SMARTS) is 1. The highest BCUT2D eigenvalue weighted by molar-refractivity contribution is 7.15. The molecule has 0 amide bonds. The molecule has 0 aliphatic rings. The molecule has 0 saturated heterocycles. The summed E-state index contributed by atoms with van der Waals surface area (Å²) < 4.78 is 0.519. The van der Waals surface area contributed by atoms with Crippen molar-refractivity contribution in [2.45, 2.75) is 12.5 Å². The molecule has 1 aromatic heterocycles. The lowest BCUT2D eigenvalue weighted by atomic mass is 10.2. The Kier molecular flexibility index (Phi) is 3.02. The molecule has 1 atom stereocenters. The van der Waals surface area contributed by atoms with Crippen LogP contribution in [0.15, 0.2) is 6.20 Å². The smallest absolute Gasteiger partial charge is 0.305 e. The monoisotopic (exact) mass is 206 g/mol. The van der Waals surface area contributed by atoms with Crippen LogP contribution >= 0.6 is 22.9 Å². The molecule has 66 valence electrons. The lowest BCUT2D eigenvalue weighted by Gasteiger charge is -2.02. The van der Waals surface area contributed by atoms with Crippen molar-refractivity contribution in [1.82, 2.24) is 4.98 Å². The number of aliphatic carboxylic acids is 1. The van der Waals surface area contributed by atoms with Gasteiger partial charge in [0.05, 0.1) is 18.7 Å². The Morgan fingerprint density at radius 3 is 3.00 bits per heavy atom. The molecule has 0 aliphatic carbocycles. The van der Waals surface area contributed by atoms with Gasteiger partial charge < -0.3 is 10.8 Å². The van der Waals surface area contributed by atoms with Gasteiger partial charge in [-0.3, -0.25) is 4.79 Å². The maximum Gasteiger partial charge on any atom is 0.305 e. The zero-order valence-electron chi connectivity index (χ0n) is 6.03. The standard InChI is InChI=1S/C6H7ClN2O2S/c7-4-2-9-6(12-4)3(8)1-5(10)11/h2-3H,1,8H2,(H,10,11)/t3-/m1/s1. The average Bonchev–Trinajstić information content (AvgIpc) is 2.34. The van der Waals surface area contributed by atoms with Gasteiger partial charge in [0.1, 0.15) is 9.34 Å². The van der Waals surface area contributed by atoms with Gasteiger partial charge in [0.25, 0.3) is 0 Å². The van der Waals surface area contributed by atoms with Crippen LogP contribution in [0.5, 0.6) is 0 Å². The minimum atomic E-state index is -0.936. The second-order valence-corrected chi connectivity index (χ2v) is 3.90. The first-order valence-corrected chi connectivity index (χ1v) is 4.37. The molecule has 0 aliphatic heterocycles. The van der Waals surface area contributed by atoms with Crippen molar-refractivity contribution in [3.63, 3.8) is 0 Å². The van der Waals surface area contributed by atoms with E-state index in [-0.39, 0.29) is 6.42 Å². The number of carbonyl (C=O) groups is 1. The summed E-state index contributed by atoms with van der Waals surface area (Å²) in [6.07, 6.45) is 1.34. The number of hydrogen-bond acceptors (Lipinski definition) is 4. The summed E-state index contributed by atoms with van der Waals surface area (Å²) >= 11 is 6.80. The van der Waals surface area contributed by atoms with Crippen LogP contribution in [0.1, 0.15) is 17.5 Å². The lowest BCUT2D eigenvalue weighted by Crippen LogP contribution is -2.14. The number of nitrogens with two attached hydrogens (primary N) is 1. The van der Waals surface area contributed by atoms with E-state index in [4.69, 9.17) is 22.4 Å². The third-order valence-corrected chi connectivity index (χ3v) is 2.45. The van der Waals surface area contributed by atoms with E-state index in [0.717, 1.165) is 0 Å². The highest BCUT2D eigenvalue weighted by atomic mass is 35.5. The Labute approximate surface area is 78.0 Å². The van der Waals surface area contributed by atoms with E-state index < -0.39 is 12.0 Å². The van der Waals surface area contributed by atoms with Crippen molar-refractivity contribution in [2.75, 3.05) is 0 Å². The van der Waals surface area contributed by atoms with Gasteiger partial charge in [-0.25, -0.2) is 4.98 Å². The first-order chi connectivity index (χ1) is 5.59. The first-order valence-electron chi connectivity index (χ1n) is 3.18. The van der Waals surface area contributed by atoms with Crippen molar-refractivity contribution in [2.24, 2.45) is 5.73 Å². The van der Waals surface area contributed by atoms with Crippen molar-refractivity contribution in [1.29, 1.82) is 0 Å². The Bertz CT molecular complexity index is 289. The Morgan fingerprint density at radius 2 is 2.58 bits per heavy atom. The van der Waals surface area contributed by atoms with E-state index in [9.17, 15) is 4.79 Å². The minimum absolute atomic E-state index is 0.121. The number of hydrogen-bond donors (Lipinski definition) is 2. The molecule has 0 radical (unpaired) electrons. The van der Waals surface area contributed by atoms with Gasteiger partial charge in [-0.2, -0.15) is 0 Å². The maximum atomic E-state index is 10.3. The molecule has 0 fully saturated rings. The largest absolute Gasteiger partial charge is 0.481 e. The molecule has 6 heteroatoms.